The Morgan fingerprint density at radius 3 is 1.36 bits per heavy atom. The van der Waals surface area contributed by atoms with Crippen molar-refractivity contribution in [2.24, 2.45) is 0 Å². The SMILES string of the molecule is CC\C=C/C=C\C=C/C=C\CCCCCCCC(=O)OCC(COC(=O)CCCCCCCCCCCC)OC(=O)CCCC/C=C\C/C=C\C/C=C\CC. The molecule has 0 aliphatic heterocycles. The summed E-state index contributed by atoms with van der Waals surface area (Å²) in [5, 5.41) is 0. The van der Waals surface area contributed by atoms with Crippen LogP contribution in [-0.2, 0) is 28.6 Å². The van der Waals surface area contributed by atoms with Crippen molar-refractivity contribution in [2.45, 2.75) is 194 Å². The summed E-state index contributed by atoms with van der Waals surface area (Å²) in [5.41, 5.74) is 0. The third-order valence-corrected chi connectivity index (χ3v) is 8.99. The summed E-state index contributed by atoms with van der Waals surface area (Å²) in [7, 11) is 0. The van der Waals surface area contributed by atoms with Crippen molar-refractivity contribution in [3.05, 3.63) is 85.1 Å². The standard InChI is InChI=1S/C49H80O6/c1-4-7-10-13-16-19-22-24-25-26-28-30-33-36-39-42-48(51)54-45-46(44-53-47(50)41-38-35-32-29-21-18-15-12-9-6-3)55-49(52)43-40-37-34-31-27-23-20-17-14-11-8-5-2/h7-8,10-11,13,16-17,19-20,22,24-25,27,31,46H,4-6,9,12,14-15,18,21,23,26,28-30,32-45H2,1-3H3/b10-7-,11-8-,16-13-,20-17-,22-19-,25-24-,31-27-. The molecule has 0 bridgehead atoms. The highest BCUT2D eigenvalue weighted by molar-refractivity contribution is 5.71. The van der Waals surface area contributed by atoms with Crippen LogP contribution in [0.25, 0.3) is 0 Å². The lowest BCUT2D eigenvalue weighted by molar-refractivity contribution is -0.167. The molecule has 0 aromatic heterocycles. The van der Waals surface area contributed by atoms with Gasteiger partial charge < -0.3 is 14.2 Å². The zero-order chi connectivity index (χ0) is 40.1. The van der Waals surface area contributed by atoms with Gasteiger partial charge in [0.15, 0.2) is 6.10 Å². The highest BCUT2D eigenvalue weighted by Gasteiger charge is 2.19. The highest BCUT2D eigenvalue weighted by atomic mass is 16.6. The quantitative estimate of drug-likeness (QED) is 0.0205. The maximum atomic E-state index is 12.7. The monoisotopic (exact) mass is 765 g/mol. The summed E-state index contributed by atoms with van der Waals surface area (Å²) in [6, 6.07) is 0. The van der Waals surface area contributed by atoms with Crippen molar-refractivity contribution in [2.75, 3.05) is 13.2 Å². The fourth-order valence-corrected chi connectivity index (χ4v) is 5.70. The predicted molar refractivity (Wildman–Crippen MR) is 233 cm³/mol. The number of hydrogen-bond donors (Lipinski definition) is 0. The van der Waals surface area contributed by atoms with E-state index in [1.165, 1.54) is 44.9 Å². The van der Waals surface area contributed by atoms with Crippen LogP contribution in [0.15, 0.2) is 85.1 Å². The van der Waals surface area contributed by atoms with Crippen molar-refractivity contribution >= 4 is 17.9 Å². The van der Waals surface area contributed by atoms with E-state index in [4.69, 9.17) is 14.2 Å². The van der Waals surface area contributed by atoms with Gasteiger partial charge in [0.05, 0.1) is 0 Å². The second kappa shape index (κ2) is 43.3. The number of unbranched alkanes of at least 4 members (excludes halogenated alkanes) is 16. The molecular formula is C49H80O6. The van der Waals surface area contributed by atoms with E-state index >= 15 is 0 Å². The lowest BCUT2D eigenvalue weighted by Crippen LogP contribution is -2.30. The van der Waals surface area contributed by atoms with Crippen LogP contribution in [0.5, 0.6) is 0 Å². The Hall–Kier alpha value is -3.41. The molecule has 0 heterocycles. The normalized spacial score (nSPS) is 12.9. The fraction of sp³-hybridized carbons (Fsp3) is 0.653. The summed E-state index contributed by atoms with van der Waals surface area (Å²) in [5.74, 6) is -0.974. The van der Waals surface area contributed by atoms with Gasteiger partial charge in [0.1, 0.15) is 13.2 Å². The first kappa shape index (κ1) is 51.6. The third kappa shape index (κ3) is 41.6. The van der Waals surface area contributed by atoms with Gasteiger partial charge in [-0.15, -0.1) is 0 Å². The Morgan fingerprint density at radius 1 is 0.400 bits per heavy atom. The molecule has 0 aliphatic rings. The van der Waals surface area contributed by atoms with Crippen LogP contribution in [0.1, 0.15) is 188 Å². The number of carbonyl (C=O) groups is 3. The maximum absolute atomic E-state index is 12.7. The first-order valence-corrected chi connectivity index (χ1v) is 22.1. The van der Waals surface area contributed by atoms with Crippen molar-refractivity contribution in [1.29, 1.82) is 0 Å². The van der Waals surface area contributed by atoms with E-state index in [1.807, 2.05) is 24.3 Å². The van der Waals surface area contributed by atoms with Gasteiger partial charge in [-0.3, -0.25) is 14.4 Å². The summed E-state index contributed by atoms with van der Waals surface area (Å²) < 4.78 is 16.6. The second-order valence-electron chi connectivity index (χ2n) is 14.3. The molecule has 0 saturated heterocycles. The topological polar surface area (TPSA) is 78.9 Å². The Balaban J connectivity index is 4.48. The molecule has 0 aromatic rings. The minimum Gasteiger partial charge on any atom is -0.462 e. The number of esters is 3. The van der Waals surface area contributed by atoms with Gasteiger partial charge in [0, 0.05) is 19.3 Å². The summed E-state index contributed by atoms with van der Waals surface area (Å²) in [6.07, 6.45) is 54.2. The van der Waals surface area contributed by atoms with Crippen LogP contribution in [0, 0.1) is 0 Å². The van der Waals surface area contributed by atoms with Crippen LogP contribution < -0.4 is 0 Å². The van der Waals surface area contributed by atoms with Crippen LogP contribution in [-0.4, -0.2) is 37.2 Å². The number of hydrogen-bond acceptors (Lipinski definition) is 6. The Kier molecular flexibility index (Phi) is 40.6. The van der Waals surface area contributed by atoms with Gasteiger partial charge in [-0.1, -0.05) is 183 Å². The second-order valence-corrected chi connectivity index (χ2v) is 14.3. The molecule has 0 spiro atoms. The predicted octanol–water partition coefficient (Wildman–Crippen LogP) is 14.1. The molecule has 55 heavy (non-hydrogen) atoms. The average Bonchev–Trinajstić information content (AvgIpc) is 3.18. The Labute approximate surface area is 337 Å². The number of carbonyl (C=O) groups excluding carboxylic acids is 3. The van der Waals surface area contributed by atoms with E-state index in [0.717, 1.165) is 96.3 Å². The Morgan fingerprint density at radius 2 is 0.800 bits per heavy atom. The molecule has 0 fully saturated rings. The fourth-order valence-electron chi connectivity index (χ4n) is 5.70. The molecule has 312 valence electrons. The van der Waals surface area contributed by atoms with Gasteiger partial charge in [0.25, 0.3) is 0 Å². The van der Waals surface area contributed by atoms with Gasteiger partial charge in [-0.05, 0) is 70.6 Å². The first-order chi connectivity index (χ1) is 27.0. The number of ether oxygens (including phenoxy) is 3. The number of allylic oxidation sites excluding steroid dienone is 14. The first-order valence-electron chi connectivity index (χ1n) is 22.1. The van der Waals surface area contributed by atoms with E-state index in [2.05, 4.69) is 81.5 Å². The summed E-state index contributed by atoms with van der Waals surface area (Å²) >= 11 is 0. The molecule has 6 heteroatoms. The summed E-state index contributed by atoms with van der Waals surface area (Å²) in [4.78, 5) is 37.7. The van der Waals surface area contributed by atoms with E-state index in [1.54, 1.807) is 0 Å². The lowest BCUT2D eigenvalue weighted by atomic mass is 10.1. The zero-order valence-corrected chi connectivity index (χ0v) is 35.4. The molecule has 0 saturated carbocycles. The molecule has 0 radical (unpaired) electrons. The minimum atomic E-state index is -0.802. The third-order valence-electron chi connectivity index (χ3n) is 8.99. The molecule has 0 N–H and O–H groups in total. The van der Waals surface area contributed by atoms with Gasteiger partial charge in [-0.2, -0.15) is 0 Å². The van der Waals surface area contributed by atoms with Gasteiger partial charge in [-0.25, -0.2) is 0 Å². The largest absolute Gasteiger partial charge is 0.462 e. The summed E-state index contributed by atoms with van der Waals surface area (Å²) in [6.45, 7) is 6.29. The van der Waals surface area contributed by atoms with Crippen molar-refractivity contribution < 1.29 is 28.6 Å². The highest BCUT2D eigenvalue weighted by Crippen LogP contribution is 2.13. The minimum absolute atomic E-state index is 0.0999. The molecule has 1 atom stereocenters. The number of rotatable bonds is 38. The Bertz CT molecular complexity index is 1110. The molecule has 0 amide bonds. The van der Waals surface area contributed by atoms with Gasteiger partial charge in [0.2, 0.25) is 0 Å². The molecule has 0 aromatic carbocycles. The van der Waals surface area contributed by atoms with Crippen LogP contribution >= 0.6 is 0 Å². The molecule has 1 unspecified atom stereocenters. The molecule has 6 nitrogen and oxygen atoms in total. The molecule has 0 aliphatic carbocycles. The van der Waals surface area contributed by atoms with E-state index in [9.17, 15) is 14.4 Å². The average molecular weight is 765 g/mol. The lowest BCUT2D eigenvalue weighted by Gasteiger charge is -2.18. The van der Waals surface area contributed by atoms with Crippen LogP contribution in [0.2, 0.25) is 0 Å². The molecule has 0 rings (SSSR count). The van der Waals surface area contributed by atoms with Crippen molar-refractivity contribution in [1.82, 2.24) is 0 Å². The van der Waals surface area contributed by atoms with E-state index in [-0.39, 0.29) is 37.5 Å². The maximum Gasteiger partial charge on any atom is 0.306 e. The molecular weight excluding hydrogens is 685 g/mol. The van der Waals surface area contributed by atoms with E-state index < -0.39 is 6.10 Å². The van der Waals surface area contributed by atoms with Crippen molar-refractivity contribution in [3.63, 3.8) is 0 Å². The van der Waals surface area contributed by atoms with Gasteiger partial charge >= 0.3 is 17.9 Å². The van der Waals surface area contributed by atoms with Crippen LogP contribution in [0.3, 0.4) is 0 Å². The smallest absolute Gasteiger partial charge is 0.306 e. The van der Waals surface area contributed by atoms with E-state index in [0.29, 0.717) is 19.3 Å². The van der Waals surface area contributed by atoms with Crippen LogP contribution in [0.4, 0.5) is 0 Å². The van der Waals surface area contributed by atoms with Crippen molar-refractivity contribution in [3.8, 4) is 0 Å². The zero-order valence-electron chi connectivity index (χ0n) is 35.4.